The standard InChI is InChI=1S/C13H15F2N3O/c1-8(6-16)12-17-7-10(18-12)9-4-2-3-5-11(9)19-13(14)15/h2-5,7-8,13H,6,16H2,1H3,(H,17,18). The van der Waals surface area contributed by atoms with E-state index in [-0.39, 0.29) is 11.7 Å². The van der Waals surface area contributed by atoms with Crippen molar-refractivity contribution in [3.05, 3.63) is 36.3 Å². The number of nitrogens with zero attached hydrogens (tertiary/aromatic N) is 1. The quantitative estimate of drug-likeness (QED) is 0.875. The number of hydrogen-bond acceptors (Lipinski definition) is 3. The van der Waals surface area contributed by atoms with Gasteiger partial charge in [0.25, 0.3) is 0 Å². The van der Waals surface area contributed by atoms with Crippen LogP contribution >= 0.6 is 0 Å². The van der Waals surface area contributed by atoms with Crippen LogP contribution in [0.3, 0.4) is 0 Å². The highest BCUT2D eigenvalue weighted by Crippen LogP contribution is 2.30. The molecule has 0 bridgehead atoms. The molecule has 6 heteroatoms. The molecule has 1 aromatic carbocycles. The Morgan fingerprint density at radius 2 is 2.11 bits per heavy atom. The lowest BCUT2D eigenvalue weighted by Crippen LogP contribution is -2.10. The lowest BCUT2D eigenvalue weighted by molar-refractivity contribution is -0.0494. The van der Waals surface area contributed by atoms with Crippen LogP contribution in [0.4, 0.5) is 8.78 Å². The Balaban J connectivity index is 2.33. The van der Waals surface area contributed by atoms with Crippen molar-refractivity contribution in [2.75, 3.05) is 6.54 Å². The van der Waals surface area contributed by atoms with Gasteiger partial charge in [0, 0.05) is 18.0 Å². The highest BCUT2D eigenvalue weighted by molar-refractivity contribution is 5.66. The summed E-state index contributed by atoms with van der Waals surface area (Å²) in [5.41, 5.74) is 6.74. The molecule has 0 amide bonds. The molecule has 0 fully saturated rings. The van der Waals surface area contributed by atoms with E-state index in [0.29, 0.717) is 17.8 Å². The van der Waals surface area contributed by atoms with Crippen LogP contribution in [-0.4, -0.2) is 23.1 Å². The van der Waals surface area contributed by atoms with Gasteiger partial charge in [-0.25, -0.2) is 4.98 Å². The van der Waals surface area contributed by atoms with Gasteiger partial charge < -0.3 is 15.5 Å². The molecule has 102 valence electrons. The summed E-state index contributed by atoms with van der Waals surface area (Å²) < 4.78 is 29.2. The second-order valence-electron chi connectivity index (χ2n) is 4.19. The van der Waals surface area contributed by atoms with Crippen molar-refractivity contribution >= 4 is 0 Å². The van der Waals surface area contributed by atoms with Crippen LogP contribution in [0.25, 0.3) is 11.3 Å². The highest BCUT2D eigenvalue weighted by atomic mass is 19.3. The third-order valence-electron chi connectivity index (χ3n) is 2.81. The van der Waals surface area contributed by atoms with E-state index in [1.165, 1.54) is 6.07 Å². The summed E-state index contributed by atoms with van der Waals surface area (Å²) in [5, 5.41) is 0. The summed E-state index contributed by atoms with van der Waals surface area (Å²) in [6.45, 7) is -0.460. The first-order chi connectivity index (χ1) is 9.11. The van der Waals surface area contributed by atoms with Gasteiger partial charge in [0.05, 0.1) is 11.9 Å². The van der Waals surface area contributed by atoms with Gasteiger partial charge in [-0.1, -0.05) is 19.1 Å². The lowest BCUT2D eigenvalue weighted by atomic mass is 10.1. The van der Waals surface area contributed by atoms with Crippen molar-refractivity contribution in [3.8, 4) is 17.0 Å². The molecule has 1 atom stereocenters. The number of benzene rings is 1. The van der Waals surface area contributed by atoms with E-state index < -0.39 is 6.61 Å². The molecule has 4 nitrogen and oxygen atoms in total. The first kappa shape index (κ1) is 13.5. The topological polar surface area (TPSA) is 63.9 Å². The fourth-order valence-corrected chi connectivity index (χ4v) is 1.72. The zero-order valence-electron chi connectivity index (χ0n) is 10.4. The normalized spacial score (nSPS) is 12.7. The number of nitrogens with one attached hydrogen (secondary N) is 1. The van der Waals surface area contributed by atoms with Crippen molar-refractivity contribution < 1.29 is 13.5 Å². The van der Waals surface area contributed by atoms with E-state index in [0.717, 1.165) is 5.82 Å². The Kier molecular flexibility index (Phi) is 4.11. The van der Waals surface area contributed by atoms with E-state index in [9.17, 15) is 8.78 Å². The lowest BCUT2D eigenvalue weighted by Gasteiger charge is -2.09. The first-order valence-electron chi connectivity index (χ1n) is 5.91. The number of nitrogens with two attached hydrogens (primary N) is 1. The van der Waals surface area contributed by atoms with Gasteiger partial charge in [-0.2, -0.15) is 8.78 Å². The number of halogens is 2. The van der Waals surface area contributed by atoms with Gasteiger partial charge in [0.1, 0.15) is 11.6 Å². The van der Waals surface area contributed by atoms with Crippen molar-refractivity contribution in [1.29, 1.82) is 0 Å². The molecule has 1 unspecified atom stereocenters. The van der Waals surface area contributed by atoms with Crippen LogP contribution in [0.2, 0.25) is 0 Å². The monoisotopic (exact) mass is 267 g/mol. The van der Waals surface area contributed by atoms with Gasteiger partial charge >= 0.3 is 6.61 Å². The minimum atomic E-state index is -2.86. The van der Waals surface area contributed by atoms with E-state index in [1.807, 2.05) is 6.92 Å². The Hall–Kier alpha value is -1.95. The molecule has 0 aliphatic carbocycles. The summed E-state index contributed by atoms with van der Waals surface area (Å²) in [6, 6.07) is 6.58. The van der Waals surface area contributed by atoms with Gasteiger partial charge in [0.2, 0.25) is 0 Å². The number of H-pyrrole nitrogens is 1. The van der Waals surface area contributed by atoms with Crippen LogP contribution in [-0.2, 0) is 0 Å². The predicted molar refractivity (Wildman–Crippen MR) is 68.1 cm³/mol. The number of aromatic nitrogens is 2. The number of ether oxygens (including phenoxy) is 1. The van der Waals surface area contributed by atoms with Crippen LogP contribution in [0.5, 0.6) is 5.75 Å². The molecule has 0 aliphatic heterocycles. The number of imidazole rings is 1. The summed E-state index contributed by atoms with van der Waals surface area (Å²) in [7, 11) is 0. The largest absolute Gasteiger partial charge is 0.434 e. The summed E-state index contributed by atoms with van der Waals surface area (Å²) in [5.74, 6) is 0.925. The third kappa shape index (κ3) is 3.08. The van der Waals surface area contributed by atoms with Crippen molar-refractivity contribution in [1.82, 2.24) is 9.97 Å². The predicted octanol–water partition coefficient (Wildman–Crippen LogP) is 2.74. The molecule has 1 aromatic heterocycles. The fourth-order valence-electron chi connectivity index (χ4n) is 1.72. The molecular weight excluding hydrogens is 252 g/mol. The van der Waals surface area contributed by atoms with Crippen LogP contribution < -0.4 is 10.5 Å². The molecule has 2 rings (SSSR count). The summed E-state index contributed by atoms with van der Waals surface area (Å²) in [4.78, 5) is 7.28. The molecular formula is C13H15F2N3O. The molecule has 0 saturated carbocycles. The smallest absolute Gasteiger partial charge is 0.387 e. The molecule has 0 saturated heterocycles. The second-order valence-corrected chi connectivity index (χ2v) is 4.19. The molecule has 0 spiro atoms. The van der Waals surface area contributed by atoms with Crippen molar-refractivity contribution in [2.45, 2.75) is 19.5 Å². The number of alkyl halides is 2. The third-order valence-corrected chi connectivity index (χ3v) is 2.81. The maximum absolute atomic E-state index is 12.3. The fraction of sp³-hybridized carbons (Fsp3) is 0.308. The number of rotatable bonds is 5. The van der Waals surface area contributed by atoms with Crippen molar-refractivity contribution in [3.63, 3.8) is 0 Å². The summed E-state index contributed by atoms with van der Waals surface area (Å²) >= 11 is 0. The van der Waals surface area contributed by atoms with E-state index in [1.54, 1.807) is 24.4 Å². The van der Waals surface area contributed by atoms with Crippen LogP contribution in [0, 0.1) is 0 Å². The Bertz CT molecular complexity index is 542. The second kappa shape index (κ2) is 5.79. The Morgan fingerprint density at radius 3 is 2.79 bits per heavy atom. The van der Waals surface area contributed by atoms with Gasteiger partial charge in [-0.05, 0) is 12.1 Å². The average Bonchev–Trinajstić information content (AvgIpc) is 2.87. The van der Waals surface area contributed by atoms with Crippen LogP contribution in [0.1, 0.15) is 18.7 Å². The average molecular weight is 267 g/mol. The molecule has 1 heterocycles. The minimum Gasteiger partial charge on any atom is -0.434 e. The Morgan fingerprint density at radius 1 is 1.37 bits per heavy atom. The maximum atomic E-state index is 12.3. The zero-order chi connectivity index (χ0) is 13.8. The van der Waals surface area contributed by atoms with Gasteiger partial charge in [-0.15, -0.1) is 0 Å². The van der Waals surface area contributed by atoms with Crippen LogP contribution in [0.15, 0.2) is 30.5 Å². The highest BCUT2D eigenvalue weighted by Gasteiger charge is 2.14. The number of para-hydroxylation sites is 1. The molecule has 2 aromatic rings. The number of aromatic amines is 1. The van der Waals surface area contributed by atoms with Gasteiger partial charge in [0.15, 0.2) is 0 Å². The molecule has 3 N–H and O–H groups in total. The first-order valence-corrected chi connectivity index (χ1v) is 5.91. The SMILES string of the molecule is CC(CN)c1ncc(-c2ccccc2OC(F)F)[nH]1. The Labute approximate surface area is 109 Å². The zero-order valence-corrected chi connectivity index (χ0v) is 10.4. The molecule has 19 heavy (non-hydrogen) atoms. The number of hydrogen-bond donors (Lipinski definition) is 2. The minimum absolute atomic E-state index is 0.0805. The molecule has 0 radical (unpaired) electrons. The maximum Gasteiger partial charge on any atom is 0.387 e. The van der Waals surface area contributed by atoms with E-state index in [4.69, 9.17) is 5.73 Å². The van der Waals surface area contributed by atoms with Gasteiger partial charge in [-0.3, -0.25) is 0 Å². The van der Waals surface area contributed by atoms with Crippen molar-refractivity contribution in [2.24, 2.45) is 5.73 Å². The van der Waals surface area contributed by atoms with E-state index >= 15 is 0 Å². The summed E-state index contributed by atoms with van der Waals surface area (Å²) in [6.07, 6.45) is 1.59. The molecule has 0 aliphatic rings. The van der Waals surface area contributed by atoms with E-state index in [2.05, 4.69) is 14.7 Å².